The zero-order valence-electron chi connectivity index (χ0n) is 17.5. The summed E-state index contributed by atoms with van der Waals surface area (Å²) in [6.45, 7) is 7.41. The number of rotatable bonds is 10. The van der Waals surface area contributed by atoms with Crippen LogP contribution in [0.4, 0.5) is 5.69 Å². The number of benzene rings is 2. The molecule has 30 heavy (non-hydrogen) atoms. The van der Waals surface area contributed by atoms with Crippen molar-refractivity contribution in [1.29, 1.82) is 0 Å². The molecule has 2 aromatic carbocycles. The summed E-state index contributed by atoms with van der Waals surface area (Å²) in [7, 11) is 0. The number of carbonyl (C=O) groups excluding carboxylic acids is 2. The van der Waals surface area contributed by atoms with Gasteiger partial charge in [0.25, 0.3) is 5.91 Å². The van der Waals surface area contributed by atoms with Crippen molar-refractivity contribution in [3.05, 3.63) is 58.6 Å². The monoisotopic (exact) mass is 430 g/mol. The first-order valence-corrected chi connectivity index (χ1v) is 10.3. The number of halogens is 1. The Morgan fingerprint density at radius 2 is 1.73 bits per heavy atom. The van der Waals surface area contributed by atoms with Crippen molar-refractivity contribution < 1.29 is 19.1 Å². The number of carbonyl (C=O) groups is 2. The molecule has 0 bridgehead atoms. The zero-order chi connectivity index (χ0) is 21.9. The van der Waals surface area contributed by atoms with Gasteiger partial charge in [-0.15, -0.1) is 0 Å². The Hall–Kier alpha value is -2.99. The van der Waals surface area contributed by atoms with Crippen molar-refractivity contribution in [2.24, 2.45) is 0 Å². The van der Waals surface area contributed by atoms with Crippen LogP contribution in [0, 0.1) is 0 Å². The van der Waals surface area contributed by atoms with Crippen molar-refractivity contribution in [2.45, 2.75) is 27.2 Å². The number of hydrogen-bond donors (Lipinski definition) is 2. The van der Waals surface area contributed by atoms with Crippen LogP contribution in [0.25, 0.3) is 6.08 Å². The molecule has 0 saturated carbocycles. The fraction of sp³-hybridized carbons (Fsp3) is 0.304. The molecule has 6 nitrogen and oxygen atoms in total. The number of ether oxygens (including phenoxy) is 2. The molecule has 7 heteroatoms. The van der Waals surface area contributed by atoms with E-state index in [1.807, 2.05) is 39.0 Å². The van der Waals surface area contributed by atoms with E-state index in [0.29, 0.717) is 42.5 Å². The van der Waals surface area contributed by atoms with Crippen molar-refractivity contribution in [1.82, 2.24) is 5.32 Å². The van der Waals surface area contributed by atoms with E-state index in [1.165, 1.54) is 6.08 Å². The molecular weight excluding hydrogens is 404 g/mol. The van der Waals surface area contributed by atoms with Gasteiger partial charge in [0.2, 0.25) is 5.91 Å². The maximum absolute atomic E-state index is 12.3. The lowest BCUT2D eigenvalue weighted by atomic mass is 10.1. The first-order valence-electron chi connectivity index (χ1n) is 9.94. The summed E-state index contributed by atoms with van der Waals surface area (Å²) in [6, 6.07) is 10.3. The van der Waals surface area contributed by atoms with Crippen LogP contribution in [0.3, 0.4) is 0 Å². The number of nitrogens with one attached hydrogen (secondary N) is 2. The highest BCUT2D eigenvalue weighted by Crippen LogP contribution is 2.29. The maximum Gasteiger partial charge on any atom is 0.252 e. The van der Waals surface area contributed by atoms with Gasteiger partial charge in [0, 0.05) is 18.3 Å². The van der Waals surface area contributed by atoms with Gasteiger partial charge in [-0.1, -0.05) is 24.6 Å². The highest BCUT2D eigenvalue weighted by atomic mass is 35.5. The molecule has 0 radical (unpaired) electrons. The summed E-state index contributed by atoms with van der Waals surface area (Å²) in [5.74, 6) is 0.741. The highest BCUT2D eigenvalue weighted by Gasteiger charge is 2.11. The Labute approximate surface area is 182 Å². The Bertz CT molecular complexity index is 912. The third-order valence-corrected chi connectivity index (χ3v) is 4.32. The summed E-state index contributed by atoms with van der Waals surface area (Å²) in [5, 5.41) is 5.78. The van der Waals surface area contributed by atoms with Gasteiger partial charge in [0.15, 0.2) is 11.5 Å². The molecule has 0 unspecified atom stereocenters. The standard InChI is InChI=1S/C23H27ClN2O4/c1-4-13-25-23(28)18-10-9-17(15-19(18)24)26-22(27)12-8-16-7-11-20(29-5-2)21(14-16)30-6-3/h7-12,14-15H,4-6,13H2,1-3H3,(H,25,28)(H,26,27). The molecule has 0 atom stereocenters. The molecule has 0 aromatic heterocycles. The van der Waals surface area contributed by atoms with E-state index in [4.69, 9.17) is 21.1 Å². The molecule has 2 rings (SSSR count). The van der Waals surface area contributed by atoms with Crippen LogP contribution >= 0.6 is 11.6 Å². The van der Waals surface area contributed by atoms with Crippen LogP contribution in [-0.2, 0) is 4.79 Å². The molecule has 2 amide bonds. The summed E-state index contributed by atoms with van der Waals surface area (Å²) in [4.78, 5) is 24.3. The largest absolute Gasteiger partial charge is 0.490 e. The van der Waals surface area contributed by atoms with Crippen LogP contribution in [-0.4, -0.2) is 31.6 Å². The fourth-order valence-electron chi connectivity index (χ4n) is 2.64. The molecular formula is C23H27ClN2O4. The van der Waals surface area contributed by atoms with Crippen molar-refractivity contribution in [3.8, 4) is 11.5 Å². The van der Waals surface area contributed by atoms with E-state index in [2.05, 4.69) is 10.6 Å². The SMILES string of the molecule is CCCNC(=O)c1ccc(NC(=O)C=Cc2ccc(OCC)c(OCC)c2)cc1Cl. The Morgan fingerprint density at radius 3 is 2.40 bits per heavy atom. The van der Waals surface area contributed by atoms with Gasteiger partial charge in [0.05, 0.1) is 23.8 Å². The second kappa shape index (κ2) is 11.9. The molecule has 0 spiro atoms. The average Bonchev–Trinajstić information content (AvgIpc) is 2.72. The van der Waals surface area contributed by atoms with Gasteiger partial charge >= 0.3 is 0 Å². The highest BCUT2D eigenvalue weighted by molar-refractivity contribution is 6.34. The first-order chi connectivity index (χ1) is 14.5. The fourth-order valence-corrected chi connectivity index (χ4v) is 2.90. The van der Waals surface area contributed by atoms with Crippen molar-refractivity contribution in [3.63, 3.8) is 0 Å². The van der Waals surface area contributed by atoms with Crippen LogP contribution in [0.5, 0.6) is 11.5 Å². The topological polar surface area (TPSA) is 76.7 Å². The van der Waals surface area contributed by atoms with E-state index in [1.54, 1.807) is 24.3 Å². The van der Waals surface area contributed by atoms with E-state index in [0.717, 1.165) is 12.0 Å². The molecule has 0 saturated heterocycles. The van der Waals surface area contributed by atoms with Gasteiger partial charge < -0.3 is 20.1 Å². The van der Waals surface area contributed by atoms with E-state index >= 15 is 0 Å². The lowest BCUT2D eigenvalue weighted by molar-refractivity contribution is -0.111. The number of hydrogen-bond acceptors (Lipinski definition) is 4. The number of amides is 2. The maximum atomic E-state index is 12.3. The molecule has 2 N–H and O–H groups in total. The van der Waals surface area contributed by atoms with Crippen LogP contribution < -0.4 is 20.1 Å². The predicted molar refractivity (Wildman–Crippen MR) is 121 cm³/mol. The van der Waals surface area contributed by atoms with Gasteiger partial charge in [-0.25, -0.2) is 0 Å². The first kappa shape index (κ1) is 23.3. The molecule has 160 valence electrons. The summed E-state index contributed by atoms with van der Waals surface area (Å²) < 4.78 is 11.1. The third kappa shape index (κ3) is 6.81. The van der Waals surface area contributed by atoms with E-state index in [9.17, 15) is 9.59 Å². The summed E-state index contributed by atoms with van der Waals surface area (Å²) in [5.41, 5.74) is 1.68. The molecule has 2 aromatic rings. The predicted octanol–water partition coefficient (Wildman–Crippen LogP) is 4.93. The lowest BCUT2D eigenvalue weighted by Crippen LogP contribution is -2.24. The van der Waals surface area contributed by atoms with Crippen LogP contribution in [0.1, 0.15) is 43.1 Å². The van der Waals surface area contributed by atoms with Crippen LogP contribution in [0.15, 0.2) is 42.5 Å². The van der Waals surface area contributed by atoms with Crippen LogP contribution in [0.2, 0.25) is 5.02 Å². The second-order valence-corrected chi connectivity index (χ2v) is 6.75. The van der Waals surface area contributed by atoms with E-state index < -0.39 is 0 Å². The smallest absolute Gasteiger partial charge is 0.252 e. The average molecular weight is 431 g/mol. The minimum atomic E-state index is -0.318. The lowest BCUT2D eigenvalue weighted by Gasteiger charge is -2.11. The normalized spacial score (nSPS) is 10.7. The second-order valence-electron chi connectivity index (χ2n) is 6.35. The molecule has 0 fully saturated rings. The van der Waals surface area contributed by atoms with Gasteiger partial charge in [-0.3, -0.25) is 9.59 Å². The quantitative estimate of drug-likeness (QED) is 0.524. The minimum absolute atomic E-state index is 0.236. The Balaban J connectivity index is 2.04. The van der Waals surface area contributed by atoms with Crippen molar-refractivity contribution in [2.75, 3.05) is 25.1 Å². The van der Waals surface area contributed by atoms with E-state index in [-0.39, 0.29) is 16.8 Å². The molecule has 0 aliphatic heterocycles. The van der Waals surface area contributed by atoms with Crippen molar-refractivity contribution >= 4 is 35.2 Å². The summed E-state index contributed by atoms with van der Waals surface area (Å²) in [6.07, 6.45) is 3.94. The third-order valence-electron chi connectivity index (χ3n) is 4.01. The zero-order valence-corrected chi connectivity index (χ0v) is 18.2. The molecule has 0 heterocycles. The minimum Gasteiger partial charge on any atom is -0.490 e. The summed E-state index contributed by atoms with van der Waals surface area (Å²) >= 11 is 6.19. The van der Waals surface area contributed by atoms with Gasteiger partial charge in [0.1, 0.15) is 0 Å². The van der Waals surface area contributed by atoms with Gasteiger partial charge in [-0.05, 0) is 62.2 Å². The molecule has 0 aliphatic rings. The number of anilines is 1. The Morgan fingerprint density at radius 1 is 1.00 bits per heavy atom. The van der Waals surface area contributed by atoms with Gasteiger partial charge in [-0.2, -0.15) is 0 Å². The Kier molecular flexibility index (Phi) is 9.22. The molecule has 0 aliphatic carbocycles.